The highest BCUT2D eigenvalue weighted by molar-refractivity contribution is 7.92. The van der Waals surface area contributed by atoms with Crippen molar-refractivity contribution < 1.29 is 18.1 Å². The van der Waals surface area contributed by atoms with Gasteiger partial charge in [0.15, 0.2) is 0 Å². The predicted molar refractivity (Wildman–Crippen MR) is 120 cm³/mol. The summed E-state index contributed by atoms with van der Waals surface area (Å²) in [6.07, 6.45) is 1.40. The van der Waals surface area contributed by atoms with Gasteiger partial charge in [-0.1, -0.05) is 29.8 Å². The molecule has 11 heteroatoms. The molecule has 0 aliphatic heterocycles. The zero-order valence-electron chi connectivity index (χ0n) is 16.2. The van der Waals surface area contributed by atoms with E-state index >= 15 is 0 Å². The van der Waals surface area contributed by atoms with E-state index in [2.05, 4.69) is 15.2 Å². The normalized spacial score (nSPS) is 11.3. The fourth-order valence-electron chi connectivity index (χ4n) is 2.55. The predicted octanol–water partition coefficient (Wildman–Crippen LogP) is 4.50. The molecule has 2 N–H and O–H groups in total. The highest BCUT2D eigenvalue weighted by Crippen LogP contribution is 2.29. The van der Waals surface area contributed by atoms with Gasteiger partial charge in [0.05, 0.1) is 23.1 Å². The molecular weight excluding hydrogens is 444 g/mol. The van der Waals surface area contributed by atoms with Crippen molar-refractivity contribution in [3.63, 3.8) is 0 Å². The van der Waals surface area contributed by atoms with Crippen LogP contribution in [0.25, 0.3) is 0 Å². The molecular formula is C20H17ClN4O5S. The van der Waals surface area contributed by atoms with Crippen molar-refractivity contribution in [2.45, 2.75) is 4.90 Å². The number of rotatable bonds is 8. The minimum absolute atomic E-state index is 0.0247. The summed E-state index contributed by atoms with van der Waals surface area (Å²) >= 11 is 6.03. The number of hydrazone groups is 1. The molecule has 3 aromatic rings. The van der Waals surface area contributed by atoms with Gasteiger partial charge in [-0.25, -0.2) is 8.42 Å². The van der Waals surface area contributed by atoms with Gasteiger partial charge >= 0.3 is 0 Å². The average Bonchev–Trinajstić information content (AvgIpc) is 2.75. The second-order valence-corrected chi connectivity index (χ2v) is 8.25. The van der Waals surface area contributed by atoms with Gasteiger partial charge in [-0.3, -0.25) is 20.3 Å². The van der Waals surface area contributed by atoms with E-state index in [1.165, 1.54) is 37.6 Å². The van der Waals surface area contributed by atoms with Crippen LogP contribution in [0.3, 0.4) is 0 Å². The van der Waals surface area contributed by atoms with E-state index in [0.29, 0.717) is 16.3 Å². The standard InChI is InChI=1S/C20H17ClN4O5S/c1-30-16-8-6-15(7-9-16)24-31(28,29)17-10-11-19(20(12-17)25(26)27)23-22-13-14-4-2-3-5-18(14)21/h2-13,23-24H,1H3/b22-13+. The van der Waals surface area contributed by atoms with Crippen molar-refractivity contribution in [2.24, 2.45) is 5.10 Å². The highest BCUT2D eigenvalue weighted by Gasteiger charge is 2.21. The van der Waals surface area contributed by atoms with Crippen LogP contribution in [0.4, 0.5) is 17.1 Å². The topological polar surface area (TPSA) is 123 Å². The van der Waals surface area contributed by atoms with Crippen molar-refractivity contribution in [1.29, 1.82) is 0 Å². The Hall–Kier alpha value is -3.63. The second-order valence-electron chi connectivity index (χ2n) is 6.16. The van der Waals surface area contributed by atoms with Crippen LogP contribution in [-0.4, -0.2) is 26.7 Å². The Morgan fingerprint density at radius 3 is 2.45 bits per heavy atom. The number of sulfonamides is 1. The van der Waals surface area contributed by atoms with E-state index in [0.717, 1.165) is 6.07 Å². The largest absolute Gasteiger partial charge is 0.497 e. The Morgan fingerprint density at radius 2 is 1.81 bits per heavy atom. The van der Waals surface area contributed by atoms with Crippen molar-refractivity contribution in [2.75, 3.05) is 17.3 Å². The Kier molecular flexibility index (Phi) is 6.73. The van der Waals surface area contributed by atoms with Crippen LogP contribution in [0.1, 0.15) is 5.56 Å². The number of nitrogens with zero attached hydrogens (tertiary/aromatic N) is 2. The SMILES string of the molecule is COc1ccc(NS(=O)(=O)c2ccc(N/N=C/c3ccccc3Cl)c([N+](=O)[O-])c2)cc1. The number of methoxy groups -OCH3 is 1. The molecule has 160 valence electrons. The van der Waals surface area contributed by atoms with Gasteiger partial charge in [-0.15, -0.1) is 0 Å². The van der Waals surface area contributed by atoms with E-state index in [9.17, 15) is 18.5 Å². The summed E-state index contributed by atoms with van der Waals surface area (Å²) in [6.45, 7) is 0. The Bertz CT molecular complexity index is 1230. The minimum atomic E-state index is -4.05. The first-order chi connectivity index (χ1) is 14.8. The van der Waals surface area contributed by atoms with Crippen LogP contribution in [0.5, 0.6) is 5.75 Å². The maximum Gasteiger partial charge on any atom is 0.295 e. The molecule has 0 heterocycles. The molecule has 0 bridgehead atoms. The van der Waals surface area contributed by atoms with Gasteiger partial charge in [0.1, 0.15) is 11.4 Å². The van der Waals surface area contributed by atoms with Crippen molar-refractivity contribution in [1.82, 2.24) is 0 Å². The molecule has 3 rings (SSSR count). The summed E-state index contributed by atoms with van der Waals surface area (Å²) in [5, 5.41) is 15.9. The van der Waals surface area contributed by atoms with E-state index in [-0.39, 0.29) is 16.3 Å². The van der Waals surface area contributed by atoms with E-state index in [4.69, 9.17) is 16.3 Å². The van der Waals surface area contributed by atoms with Gasteiger partial charge in [-0.05, 0) is 42.5 Å². The number of halogens is 1. The van der Waals surface area contributed by atoms with E-state index in [1.807, 2.05) is 0 Å². The summed E-state index contributed by atoms with van der Waals surface area (Å²) in [7, 11) is -2.56. The van der Waals surface area contributed by atoms with Gasteiger partial charge in [0.25, 0.3) is 15.7 Å². The fraction of sp³-hybridized carbons (Fsp3) is 0.0500. The summed E-state index contributed by atoms with van der Waals surface area (Å²) in [5.41, 5.74) is 3.03. The van der Waals surface area contributed by atoms with Gasteiger partial charge in [-0.2, -0.15) is 5.10 Å². The summed E-state index contributed by atoms with van der Waals surface area (Å²) in [6, 6.07) is 16.6. The molecule has 9 nitrogen and oxygen atoms in total. The van der Waals surface area contributed by atoms with Crippen LogP contribution in [0.15, 0.2) is 76.7 Å². The average molecular weight is 461 g/mol. The number of hydrogen-bond acceptors (Lipinski definition) is 7. The van der Waals surface area contributed by atoms with Crippen molar-refractivity contribution >= 4 is 44.9 Å². The lowest BCUT2D eigenvalue weighted by Crippen LogP contribution is -2.13. The summed E-state index contributed by atoms with van der Waals surface area (Å²) in [5.74, 6) is 0.561. The van der Waals surface area contributed by atoms with Crippen LogP contribution in [0, 0.1) is 10.1 Å². The molecule has 0 unspecified atom stereocenters. The molecule has 0 atom stereocenters. The van der Waals surface area contributed by atoms with Crippen LogP contribution in [0.2, 0.25) is 5.02 Å². The van der Waals surface area contributed by atoms with Crippen LogP contribution >= 0.6 is 11.6 Å². The lowest BCUT2D eigenvalue weighted by molar-refractivity contribution is -0.384. The number of nitrogens with one attached hydrogen (secondary N) is 2. The lowest BCUT2D eigenvalue weighted by Gasteiger charge is -2.10. The maximum atomic E-state index is 12.6. The smallest absolute Gasteiger partial charge is 0.295 e. The molecule has 31 heavy (non-hydrogen) atoms. The zero-order chi connectivity index (χ0) is 22.4. The molecule has 0 saturated heterocycles. The first kappa shape index (κ1) is 22.1. The number of hydrogen-bond donors (Lipinski definition) is 2. The number of nitro benzene ring substituents is 1. The Labute approximate surface area is 183 Å². The zero-order valence-corrected chi connectivity index (χ0v) is 17.7. The number of benzene rings is 3. The minimum Gasteiger partial charge on any atom is -0.497 e. The molecule has 0 aliphatic rings. The third-order valence-corrected chi connectivity index (χ3v) is 5.84. The summed E-state index contributed by atoms with van der Waals surface area (Å²) < 4.78 is 32.7. The number of nitro groups is 1. The molecule has 0 saturated carbocycles. The van der Waals surface area contributed by atoms with Crippen molar-refractivity contribution in [3.05, 3.63) is 87.4 Å². The molecule has 0 radical (unpaired) electrons. The molecule has 0 aromatic heterocycles. The van der Waals surface area contributed by atoms with E-state index in [1.54, 1.807) is 36.4 Å². The third kappa shape index (κ3) is 5.50. The monoisotopic (exact) mass is 460 g/mol. The lowest BCUT2D eigenvalue weighted by atomic mass is 10.2. The van der Waals surface area contributed by atoms with Gasteiger partial charge in [0, 0.05) is 22.3 Å². The Balaban J connectivity index is 1.83. The molecule has 0 amide bonds. The van der Waals surface area contributed by atoms with Crippen LogP contribution in [-0.2, 0) is 10.0 Å². The number of anilines is 2. The second kappa shape index (κ2) is 9.45. The number of ether oxygens (including phenoxy) is 1. The van der Waals surface area contributed by atoms with Crippen molar-refractivity contribution in [3.8, 4) is 5.75 Å². The third-order valence-electron chi connectivity index (χ3n) is 4.11. The van der Waals surface area contributed by atoms with Crippen LogP contribution < -0.4 is 14.9 Å². The first-order valence-electron chi connectivity index (χ1n) is 8.79. The van der Waals surface area contributed by atoms with Gasteiger partial charge in [0.2, 0.25) is 0 Å². The molecule has 0 fully saturated rings. The first-order valence-corrected chi connectivity index (χ1v) is 10.7. The van der Waals surface area contributed by atoms with Gasteiger partial charge < -0.3 is 4.74 Å². The quantitative estimate of drug-likeness (QED) is 0.290. The molecule has 0 spiro atoms. The Morgan fingerprint density at radius 1 is 1.10 bits per heavy atom. The molecule has 0 aliphatic carbocycles. The highest BCUT2D eigenvalue weighted by atomic mass is 35.5. The van der Waals surface area contributed by atoms with E-state index < -0.39 is 20.6 Å². The summed E-state index contributed by atoms with van der Waals surface area (Å²) in [4.78, 5) is 10.5. The fourth-order valence-corrected chi connectivity index (χ4v) is 3.81. The molecule has 3 aromatic carbocycles. The maximum absolute atomic E-state index is 12.6.